The van der Waals surface area contributed by atoms with Crippen molar-refractivity contribution in [1.29, 1.82) is 0 Å². The van der Waals surface area contributed by atoms with Crippen LogP contribution in [0.3, 0.4) is 0 Å². The quantitative estimate of drug-likeness (QED) is 0.540. The maximum Gasteiger partial charge on any atom is -0.0231 e. The molecule has 1 saturated carbocycles. The van der Waals surface area contributed by atoms with Crippen LogP contribution < -0.4 is 0 Å². The van der Waals surface area contributed by atoms with Gasteiger partial charge in [0.05, 0.1) is 0 Å². The SMILES string of the molecule is CC(C)C1CC2/C=C\CC(CCC2)C1. The van der Waals surface area contributed by atoms with Gasteiger partial charge in [-0.15, -0.1) is 0 Å². The minimum atomic E-state index is 0.893. The first kappa shape index (κ1) is 10.3. The summed E-state index contributed by atoms with van der Waals surface area (Å²) in [6.07, 6.45) is 13.7. The highest BCUT2D eigenvalue weighted by Crippen LogP contribution is 2.38. The van der Waals surface area contributed by atoms with Crippen molar-refractivity contribution in [3.8, 4) is 0 Å². The van der Waals surface area contributed by atoms with Gasteiger partial charge in [0.1, 0.15) is 0 Å². The van der Waals surface area contributed by atoms with E-state index in [1.807, 2.05) is 0 Å². The number of allylic oxidation sites excluding steroid dienone is 2. The summed E-state index contributed by atoms with van der Waals surface area (Å²) < 4.78 is 0. The molecule has 0 aromatic rings. The Morgan fingerprint density at radius 3 is 2.79 bits per heavy atom. The van der Waals surface area contributed by atoms with Crippen molar-refractivity contribution in [2.45, 2.75) is 52.4 Å². The molecule has 0 aliphatic heterocycles. The van der Waals surface area contributed by atoms with Gasteiger partial charge in [0.2, 0.25) is 0 Å². The van der Waals surface area contributed by atoms with E-state index in [1.54, 1.807) is 0 Å². The van der Waals surface area contributed by atoms with Crippen LogP contribution in [0.4, 0.5) is 0 Å². The third kappa shape index (κ3) is 2.40. The fraction of sp³-hybridized carbons (Fsp3) is 0.857. The zero-order valence-corrected chi connectivity index (χ0v) is 9.71. The van der Waals surface area contributed by atoms with Gasteiger partial charge in [-0.3, -0.25) is 0 Å². The van der Waals surface area contributed by atoms with Crippen LogP contribution in [-0.2, 0) is 0 Å². The molecule has 3 aliphatic carbocycles. The molecule has 3 atom stereocenters. The predicted molar refractivity (Wildman–Crippen MR) is 62.2 cm³/mol. The van der Waals surface area contributed by atoms with E-state index in [0.29, 0.717) is 0 Å². The summed E-state index contributed by atoms with van der Waals surface area (Å²) in [7, 11) is 0. The lowest BCUT2D eigenvalue weighted by atomic mass is 9.72. The number of rotatable bonds is 1. The van der Waals surface area contributed by atoms with E-state index in [-0.39, 0.29) is 0 Å². The van der Waals surface area contributed by atoms with E-state index in [0.717, 1.165) is 23.7 Å². The third-order valence-corrected chi connectivity index (χ3v) is 4.25. The molecule has 14 heavy (non-hydrogen) atoms. The van der Waals surface area contributed by atoms with Crippen molar-refractivity contribution in [3.63, 3.8) is 0 Å². The van der Waals surface area contributed by atoms with Crippen molar-refractivity contribution >= 4 is 0 Å². The first-order chi connectivity index (χ1) is 6.75. The molecular formula is C14H24. The lowest BCUT2D eigenvalue weighted by Crippen LogP contribution is -2.22. The lowest BCUT2D eigenvalue weighted by Gasteiger charge is -2.33. The Kier molecular flexibility index (Phi) is 3.30. The molecular weight excluding hydrogens is 168 g/mol. The number of fused-ring (bicyclic) bond motifs is 5. The molecule has 0 radical (unpaired) electrons. The van der Waals surface area contributed by atoms with E-state index >= 15 is 0 Å². The molecule has 2 bridgehead atoms. The highest BCUT2D eigenvalue weighted by Gasteiger charge is 2.25. The monoisotopic (exact) mass is 192 g/mol. The zero-order chi connectivity index (χ0) is 9.97. The van der Waals surface area contributed by atoms with Crippen molar-refractivity contribution in [2.75, 3.05) is 0 Å². The van der Waals surface area contributed by atoms with Crippen molar-refractivity contribution in [3.05, 3.63) is 12.2 Å². The molecule has 3 rings (SSSR count). The van der Waals surface area contributed by atoms with Gasteiger partial charge in [-0.2, -0.15) is 0 Å². The Hall–Kier alpha value is -0.260. The maximum atomic E-state index is 2.51. The second-order valence-electron chi connectivity index (χ2n) is 5.70. The van der Waals surface area contributed by atoms with Gasteiger partial charge in [0.15, 0.2) is 0 Å². The van der Waals surface area contributed by atoms with Crippen molar-refractivity contribution < 1.29 is 0 Å². The summed E-state index contributed by atoms with van der Waals surface area (Å²) in [5, 5.41) is 0. The lowest BCUT2D eigenvalue weighted by molar-refractivity contribution is 0.212. The Morgan fingerprint density at radius 2 is 2.00 bits per heavy atom. The van der Waals surface area contributed by atoms with Crippen LogP contribution in [0.2, 0.25) is 0 Å². The van der Waals surface area contributed by atoms with Crippen LogP contribution in [0.25, 0.3) is 0 Å². The number of hydrogen-bond acceptors (Lipinski definition) is 0. The second-order valence-corrected chi connectivity index (χ2v) is 5.70. The molecule has 0 amide bonds. The second kappa shape index (κ2) is 4.51. The molecule has 0 heteroatoms. The van der Waals surface area contributed by atoms with Gasteiger partial charge in [-0.1, -0.05) is 38.8 Å². The fourth-order valence-corrected chi connectivity index (χ4v) is 3.21. The summed E-state index contributed by atoms with van der Waals surface area (Å²) in [5.74, 6) is 3.79. The van der Waals surface area contributed by atoms with E-state index in [1.165, 1.54) is 38.5 Å². The average molecular weight is 192 g/mol. The zero-order valence-electron chi connectivity index (χ0n) is 9.71. The normalized spacial score (nSPS) is 40.4. The highest BCUT2D eigenvalue weighted by molar-refractivity contribution is 4.96. The summed E-state index contributed by atoms with van der Waals surface area (Å²) >= 11 is 0. The van der Waals surface area contributed by atoms with Gasteiger partial charge >= 0.3 is 0 Å². The maximum absolute atomic E-state index is 2.51. The van der Waals surface area contributed by atoms with Crippen LogP contribution in [0.1, 0.15) is 52.4 Å². The van der Waals surface area contributed by atoms with Crippen LogP contribution in [0.15, 0.2) is 12.2 Å². The van der Waals surface area contributed by atoms with Crippen LogP contribution in [0, 0.1) is 23.7 Å². The van der Waals surface area contributed by atoms with Gasteiger partial charge < -0.3 is 0 Å². The molecule has 1 fully saturated rings. The van der Waals surface area contributed by atoms with Crippen molar-refractivity contribution in [1.82, 2.24) is 0 Å². The summed E-state index contributed by atoms with van der Waals surface area (Å²) in [6.45, 7) is 4.82. The summed E-state index contributed by atoms with van der Waals surface area (Å²) in [5.41, 5.74) is 0. The first-order valence-corrected chi connectivity index (χ1v) is 6.42. The molecule has 3 unspecified atom stereocenters. The predicted octanol–water partition coefficient (Wildman–Crippen LogP) is 4.42. The fourth-order valence-electron chi connectivity index (χ4n) is 3.21. The van der Waals surface area contributed by atoms with E-state index in [9.17, 15) is 0 Å². The van der Waals surface area contributed by atoms with Crippen molar-refractivity contribution in [2.24, 2.45) is 23.7 Å². The summed E-state index contributed by atoms with van der Waals surface area (Å²) in [4.78, 5) is 0. The first-order valence-electron chi connectivity index (χ1n) is 6.42. The molecule has 0 saturated heterocycles. The average Bonchev–Trinajstić information content (AvgIpc) is 1.98. The van der Waals surface area contributed by atoms with Gasteiger partial charge in [0, 0.05) is 0 Å². The Balaban J connectivity index is 2.10. The molecule has 0 heterocycles. The van der Waals surface area contributed by atoms with Crippen LogP contribution >= 0.6 is 0 Å². The standard InChI is InChI=1S/C14H24/c1-11(2)14-9-12-5-3-6-13(10-14)8-4-7-12/h3,5,11-14H,4,6-10H2,1-2H3/b5-3-. The number of hydrogen-bond donors (Lipinski definition) is 0. The molecule has 3 aliphatic rings. The minimum Gasteiger partial charge on any atom is -0.0880 e. The molecule has 0 nitrogen and oxygen atoms in total. The smallest absolute Gasteiger partial charge is 0.0231 e. The Labute approximate surface area is 88.8 Å². The summed E-state index contributed by atoms with van der Waals surface area (Å²) in [6, 6.07) is 0. The van der Waals surface area contributed by atoms with E-state index < -0.39 is 0 Å². The highest BCUT2D eigenvalue weighted by atomic mass is 14.3. The molecule has 0 aromatic heterocycles. The Bertz CT molecular complexity index is 202. The van der Waals surface area contributed by atoms with E-state index in [4.69, 9.17) is 0 Å². The third-order valence-electron chi connectivity index (χ3n) is 4.25. The Morgan fingerprint density at radius 1 is 1.14 bits per heavy atom. The van der Waals surface area contributed by atoms with Gasteiger partial charge in [-0.05, 0) is 49.4 Å². The van der Waals surface area contributed by atoms with Crippen LogP contribution in [-0.4, -0.2) is 0 Å². The molecule has 80 valence electrons. The molecule has 0 aromatic carbocycles. The topological polar surface area (TPSA) is 0 Å². The largest absolute Gasteiger partial charge is 0.0880 e. The minimum absolute atomic E-state index is 0.893. The van der Waals surface area contributed by atoms with E-state index in [2.05, 4.69) is 26.0 Å². The van der Waals surface area contributed by atoms with Crippen LogP contribution in [0.5, 0.6) is 0 Å². The molecule has 0 N–H and O–H groups in total. The van der Waals surface area contributed by atoms with Gasteiger partial charge in [-0.25, -0.2) is 0 Å². The van der Waals surface area contributed by atoms with Gasteiger partial charge in [0.25, 0.3) is 0 Å². The molecule has 0 spiro atoms.